The number of carbonyl (C=O) groups excluding carboxylic acids is 2. The fourth-order valence-corrected chi connectivity index (χ4v) is 3.55. The van der Waals surface area contributed by atoms with E-state index in [1.165, 1.54) is 0 Å². The number of ether oxygens (including phenoxy) is 1. The normalized spacial score (nSPS) is 16.6. The lowest BCUT2D eigenvalue weighted by molar-refractivity contribution is 0.0633. The largest absolute Gasteiger partial charge is 0.493 e. The third-order valence-corrected chi connectivity index (χ3v) is 5.17. The summed E-state index contributed by atoms with van der Waals surface area (Å²) in [5, 5.41) is 3.49. The van der Waals surface area contributed by atoms with Gasteiger partial charge in [-0.3, -0.25) is 9.59 Å². The van der Waals surface area contributed by atoms with Crippen molar-refractivity contribution in [3.05, 3.63) is 64.7 Å². The monoisotopic (exact) mass is 414 g/mol. The number of rotatable bonds is 6. The lowest BCUT2D eigenvalue weighted by Crippen LogP contribution is -2.41. The number of nitrogens with zero attached hydrogens (tertiary/aromatic N) is 1. The van der Waals surface area contributed by atoms with Gasteiger partial charge in [0.1, 0.15) is 5.75 Å². The second-order valence-electron chi connectivity index (χ2n) is 7.73. The van der Waals surface area contributed by atoms with E-state index in [9.17, 15) is 9.59 Å². The third-order valence-electron chi connectivity index (χ3n) is 4.92. The fraction of sp³-hybridized carbons (Fsp3) is 0.391. The Balaban J connectivity index is 1.52. The first kappa shape index (κ1) is 21.2. The zero-order chi connectivity index (χ0) is 20.8. The van der Waals surface area contributed by atoms with Gasteiger partial charge in [0.2, 0.25) is 0 Å². The molecule has 5 nitrogen and oxygen atoms in total. The van der Waals surface area contributed by atoms with Gasteiger partial charge < -0.3 is 15.0 Å². The van der Waals surface area contributed by atoms with Crippen LogP contribution in [0.4, 0.5) is 0 Å². The molecule has 0 aliphatic carbocycles. The fourth-order valence-electron chi connectivity index (χ4n) is 3.42. The Labute approximate surface area is 177 Å². The van der Waals surface area contributed by atoms with Crippen LogP contribution in [0.3, 0.4) is 0 Å². The molecule has 1 atom stereocenters. The lowest BCUT2D eigenvalue weighted by Gasteiger charge is -2.32. The SMILES string of the molecule is CC(C)NC(=O)c1ccc(OCC2CCCN(C(=O)c3ccc(Cl)cc3)C2)cc1. The average Bonchev–Trinajstić information content (AvgIpc) is 2.72. The van der Waals surface area contributed by atoms with E-state index in [2.05, 4.69) is 5.32 Å². The molecule has 0 radical (unpaired) electrons. The molecule has 1 N–H and O–H groups in total. The van der Waals surface area contributed by atoms with Gasteiger partial charge in [-0.05, 0) is 75.2 Å². The molecule has 0 bridgehead atoms. The molecule has 0 spiro atoms. The maximum atomic E-state index is 12.7. The Hall–Kier alpha value is -2.53. The molecule has 1 aliphatic rings. The van der Waals surface area contributed by atoms with E-state index >= 15 is 0 Å². The number of amides is 2. The van der Waals surface area contributed by atoms with Crippen molar-refractivity contribution < 1.29 is 14.3 Å². The van der Waals surface area contributed by atoms with E-state index in [0.717, 1.165) is 25.1 Å². The predicted molar refractivity (Wildman–Crippen MR) is 115 cm³/mol. The Kier molecular flexibility index (Phi) is 7.15. The van der Waals surface area contributed by atoms with Crippen LogP contribution in [0.15, 0.2) is 48.5 Å². The summed E-state index contributed by atoms with van der Waals surface area (Å²) >= 11 is 5.91. The minimum atomic E-state index is -0.0878. The van der Waals surface area contributed by atoms with Gasteiger partial charge in [0.05, 0.1) is 6.61 Å². The number of halogens is 1. The molecule has 0 aromatic heterocycles. The quantitative estimate of drug-likeness (QED) is 0.761. The molecule has 154 valence electrons. The molecule has 0 saturated carbocycles. The molecule has 1 unspecified atom stereocenters. The van der Waals surface area contributed by atoms with E-state index in [1.807, 2.05) is 30.9 Å². The first-order chi connectivity index (χ1) is 13.9. The van der Waals surface area contributed by atoms with Crippen LogP contribution in [0, 0.1) is 5.92 Å². The minimum Gasteiger partial charge on any atom is -0.493 e. The zero-order valence-electron chi connectivity index (χ0n) is 16.9. The van der Waals surface area contributed by atoms with Crippen LogP contribution < -0.4 is 10.1 Å². The van der Waals surface area contributed by atoms with Crippen LogP contribution in [-0.2, 0) is 0 Å². The summed E-state index contributed by atoms with van der Waals surface area (Å²) in [4.78, 5) is 26.6. The van der Waals surface area contributed by atoms with Crippen molar-refractivity contribution in [3.8, 4) is 5.75 Å². The molecule has 29 heavy (non-hydrogen) atoms. The number of nitrogens with one attached hydrogen (secondary N) is 1. The van der Waals surface area contributed by atoms with Gasteiger partial charge >= 0.3 is 0 Å². The first-order valence-corrected chi connectivity index (χ1v) is 10.4. The Bertz CT molecular complexity index is 834. The van der Waals surface area contributed by atoms with E-state index in [4.69, 9.17) is 16.3 Å². The van der Waals surface area contributed by atoms with E-state index in [0.29, 0.717) is 29.3 Å². The van der Waals surface area contributed by atoms with Crippen molar-refractivity contribution >= 4 is 23.4 Å². The predicted octanol–water partition coefficient (Wildman–Crippen LogP) is 4.41. The lowest BCUT2D eigenvalue weighted by atomic mass is 9.98. The second-order valence-corrected chi connectivity index (χ2v) is 8.17. The standard InChI is InChI=1S/C23H27ClN2O3/c1-16(2)25-22(27)18-7-11-21(12-8-18)29-15-17-4-3-13-26(14-17)23(28)19-5-9-20(24)10-6-19/h5-12,16-17H,3-4,13-15H2,1-2H3,(H,25,27). The molecule has 3 rings (SSSR count). The summed E-state index contributed by atoms with van der Waals surface area (Å²) < 4.78 is 5.92. The molecule has 1 aliphatic heterocycles. The summed E-state index contributed by atoms with van der Waals surface area (Å²) in [5.41, 5.74) is 1.27. The summed E-state index contributed by atoms with van der Waals surface area (Å²) in [6, 6.07) is 14.3. The summed E-state index contributed by atoms with van der Waals surface area (Å²) in [6.07, 6.45) is 1.99. The molecule has 1 fully saturated rings. The number of hydrogen-bond donors (Lipinski definition) is 1. The zero-order valence-corrected chi connectivity index (χ0v) is 17.6. The van der Waals surface area contributed by atoms with Crippen LogP contribution in [0.2, 0.25) is 5.02 Å². The van der Waals surface area contributed by atoms with Crippen molar-refractivity contribution in [2.45, 2.75) is 32.7 Å². The van der Waals surface area contributed by atoms with Gasteiger partial charge in [-0.25, -0.2) is 0 Å². The van der Waals surface area contributed by atoms with Gasteiger partial charge in [-0.2, -0.15) is 0 Å². The maximum Gasteiger partial charge on any atom is 0.253 e. The summed E-state index contributed by atoms with van der Waals surface area (Å²) in [7, 11) is 0. The van der Waals surface area contributed by atoms with Crippen LogP contribution in [0.5, 0.6) is 5.75 Å². The molecular weight excluding hydrogens is 388 g/mol. The van der Waals surface area contributed by atoms with Crippen molar-refractivity contribution in [2.24, 2.45) is 5.92 Å². The summed E-state index contributed by atoms with van der Waals surface area (Å²) in [6.45, 7) is 5.84. The van der Waals surface area contributed by atoms with Crippen molar-refractivity contribution in [1.82, 2.24) is 10.2 Å². The molecule has 2 amide bonds. The van der Waals surface area contributed by atoms with Gasteiger partial charge in [-0.15, -0.1) is 0 Å². The van der Waals surface area contributed by atoms with Gasteiger partial charge in [0.15, 0.2) is 0 Å². The number of hydrogen-bond acceptors (Lipinski definition) is 3. The molecule has 6 heteroatoms. The van der Waals surface area contributed by atoms with Gasteiger partial charge in [0, 0.05) is 41.2 Å². The number of carbonyl (C=O) groups is 2. The number of likely N-dealkylation sites (tertiary alicyclic amines) is 1. The highest BCUT2D eigenvalue weighted by Gasteiger charge is 2.25. The van der Waals surface area contributed by atoms with Crippen molar-refractivity contribution in [1.29, 1.82) is 0 Å². The number of benzene rings is 2. The van der Waals surface area contributed by atoms with Crippen LogP contribution in [-0.4, -0.2) is 42.5 Å². The van der Waals surface area contributed by atoms with Crippen molar-refractivity contribution in [2.75, 3.05) is 19.7 Å². The Morgan fingerprint density at radius 3 is 2.41 bits per heavy atom. The first-order valence-electron chi connectivity index (χ1n) is 10.0. The van der Waals surface area contributed by atoms with E-state index < -0.39 is 0 Å². The van der Waals surface area contributed by atoms with Crippen LogP contribution in [0.1, 0.15) is 47.4 Å². The van der Waals surface area contributed by atoms with Gasteiger partial charge in [-0.1, -0.05) is 11.6 Å². The molecule has 2 aromatic rings. The Morgan fingerprint density at radius 1 is 1.10 bits per heavy atom. The van der Waals surface area contributed by atoms with Crippen LogP contribution >= 0.6 is 11.6 Å². The average molecular weight is 415 g/mol. The highest BCUT2D eigenvalue weighted by Crippen LogP contribution is 2.21. The second kappa shape index (κ2) is 9.79. The van der Waals surface area contributed by atoms with E-state index in [-0.39, 0.29) is 23.8 Å². The smallest absolute Gasteiger partial charge is 0.253 e. The topological polar surface area (TPSA) is 58.6 Å². The highest BCUT2D eigenvalue weighted by molar-refractivity contribution is 6.30. The van der Waals surface area contributed by atoms with Crippen molar-refractivity contribution in [3.63, 3.8) is 0 Å². The molecule has 2 aromatic carbocycles. The molecular formula is C23H27ClN2O3. The number of piperidine rings is 1. The third kappa shape index (κ3) is 5.97. The summed E-state index contributed by atoms with van der Waals surface area (Å²) in [5.74, 6) is 0.957. The highest BCUT2D eigenvalue weighted by atomic mass is 35.5. The molecule has 1 heterocycles. The Morgan fingerprint density at radius 2 is 1.76 bits per heavy atom. The minimum absolute atomic E-state index is 0.0342. The molecule has 1 saturated heterocycles. The van der Waals surface area contributed by atoms with Gasteiger partial charge in [0.25, 0.3) is 11.8 Å². The van der Waals surface area contributed by atoms with Crippen LogP contribution in [0.25, 0.3) is 0 Å². The maximum absolute atomic E-state index is 12.7. The van der Waals surface area contributed by atoms with E-state index in [1.54, 1.807) is 36.4 Å².